The summed E-state index contributed by atoms with van der Waals surface area (Å²) in [5.41, 5.74) is 0.541. The number of benzene rings is 1. The minimum absolute atomic E-state index is 0.105. The van der Waals surface area contributed by atoms with Gasteiger partial charge in [-0.1, -0.05) is 12.1 Å². The van der Waals surface area contributed by atoms with Gasteiger partial charge in [-0.3, -0.25) is 0 Å². The predicted octanol–water partition coefficient (Wildman–Crippen LogP) is 4.82. The van der Waals surface area contributed by atoms with E-state index in [0.717, 1.165) is 3.79 Å². The van der Waals surface area contributed by atoms with Crippen LogP contribution < -0.4 is 5.32 Å². The van der Waals surface area contributed by atoms with Crippen LogP contribution in [0.2, 0.25) is 0 Å². The fourth-order valence-corrected chi connectivity index (χ4v) is 2.87. The first-order valence-electron chi connectivity index (χ1n) is 4.93. The molecule has 2 aromatic rings. The van der Waals surface area contributed by atoms with Crippen LogP contribution in [0.3, 0.4) is 0 Å². The summed E-state index contributed by atoms with van der Waals surface area (Å²) in [5, 5.41) is 3.15. The maximum Gasteiger partial charge on any atom is 0.146 e. The van der Waals surface area contributed by atoms with E-state index < -0.39 is 0 Å². The lowest BCUT2D eigenvalue weighted by Crippen LogP contribution is -2.06. The predicted molar refractivity (Wildman–Crippen MR) is 70.5 cm³/mol. The minimum atomic E-state index is -0.218. The topological polar surface area (TPSA) is 12.0 Å². The van der Waals surface area contributed by atoms with Gasteiger partial charge in [-0.2, -0.15) is 0 Å². The third-order valence-electron chi connectivity index (χ3n) is 2.27. The molecular weight excluding hydrogens is 289 g/mol. The van der Waals surface area contributed by atoms with Gasteiger partial charge in [0.2, 0.25) is 0 Å². The number of rotatable bonds is 3. The van der Waals surface area contributed by atoms with Gasteiger partial charge in [0, 0.05) is 4.88 Å². The lowest BCUT2D eigenvalue weighted by molar-refractivity contribution is 0.628. The molecule has 0 fully saturated rings. The molecule has 1 atom stereocenters. The summed E-state index contributed by atoms with van der Waals surface area (Å²) >= 11 is 5.07. The summed E-state index contributed by atoms with van der Waals surface area (Å²) in [6.07, 6.45) is 0. The Morgan fingerprint density at radius 3 is 2.62 bits per heavy atom. The van der Waals surface area contributed by atoms with E-state index in [9.17, 15) is 4.39 Å². The van der Waals surface area contributed by atoms with Crippen LogP contribution in [-0.2, 0) is 0 Å². The van der Waals surface area contributed by atoms with E-state index >= 15 is 0 Å². The van der Waals surface area contributed by atoms with Crippen LogP contribution in [0.25, 0.3) is 0 Å². The molecule has 1 nitrogen and oxygen atoms in total. The fraction of sp³-hybridized carbons (Fsp3) is 0.167. The van der Waals surface area contributed by atoms with Crippen molar-refractivity contribution in [1.29, 1.82) is 0 Å². The molecule has 0 saturated carbocycles. The quantitative estimate of drug-likeness (QED) is 0.856. The third kappa shape index (κ3) is 2.62. The molecule has 1 aromatic carbocycles. The maximum absolute atomic E-state index is 13.4. The van der Waals surface area contributed by atoms with Crippen molar-refractivity contribution in [1.82, 2.24) is 0 Å². The van der Waals surface area contributed by atoms with Gasteiger partial charge in [-0.15, -0.1) is 11.3 Å². The largest absolute Gasteiger partial charge is 0.375 e. The van der Waals surface area contributed by atoms with Gasteiger partial charge in [0.1, 0.15) is 5.82 Å². The monoisotopic (exact) mass is 299 g/mol. The summed E-state index contributed by atoms with van der Waals surface area (Å²) in [5.74, 6) is -0.218. The van der Waals surface area contributed by atoms with E-state index in [1.54, 1.807) is 23.5 Å². The summed E-state index contributed by atoms with van der Waals surface area (Å²) in [6, 6.07) is 10.9. The summed E-state index contributed by atoms with van der Waals surface area (Å²) in [4.78, 5) is 1.18. The van der Waals surface area contributed by atoms with Crippen LogP contribution in [0.5, 0.6) is 0 Å². The number of hydrogen-bond donors (Lipinski definition) is 1. The number of anilines is 1. The highest BCUT2D eigenvalue weighted by molar-refractivity contribution is 9.11. The molecule has 0 aliphatic carbocycles. The van der Waals surface area contributed by atoms with Crippen molar-refractivity contribution < 1.29 is 4.39 Å². The molecule has 0 spiro atoms. The molecule has 0 amide bonds. The average Bonchev–Trinajstić information content (AvgIpc) is 2.68. The molecule has 4 heteroatoms. The van der Waals surface area contributed by atoms with Gasteiger partial charge >= 0.3 is 0 Å². The Bertz CT molecular complexity index is 483. The molecule has 2 rings (SSSR count). The van der Waals surface area contributed by atoms with Gasteiger partial charge in [0.25, 0.3) is 0 Å². The van der Waals surface area contributed by atoms with Crippen molar-refractivity contribution in [3.8, 4) is 0 Å². The molecule has 0 aliphatic rings. The Kier molecular flexibility index (Phi) is 3.61. The van der Waals surface area contributed by atoms with Crippen LogP contribution in [0, 0.1) is 5.82 Å². The molecule has 0 aliphatic heterocycles. The normalized spacial score (nSPS) is 12.4. The Labute approximate surface area is 106 Å². The van der Waals surface area contributed by atoms with E-state index in [0.29, 0.717) is 5.69 Å². The Hall–Kier alpha value is -0.870. The third-order valence-corrected chi connectivity index (χ3v) is 4.07. The molecule has 84 valence electrons. The average molecular weight is 300 g/mol. The van der Waals surface area contributed by atoms with Crippen LogP contribution in [-0.4, -0.2) is 0 Å². The number of hydrogen-bond acceptors (Lipinski definition) is 2. The SMILES string of the molecule is CC(Nc1ccccc1F)c1ccc(Br)s1. The minimum Gasteiger partial charge on any atom is -0.375 e. The highest BCUT2D eigenvalue weighted by atomic mass is 79.9. The maximum atomic E-state index is 13.4. The zero-order valence-electron chi connectivity index (χ0n) is 8.71. The second-order valence-corrected chi connectivity index (χ2v) is 5.98. The number of para-hydroxylation sites is 1. The molecule has 1 unspecified atom stereocenters. The van der Waals surface area contributed by atoms with Crippen LogP contribution in [0.1, 0.15) is 17.8 Å². The standard InChI is InChI=1S/C12H11BrFNS/c1-8(11-6-7-12(13)16-11)15-10-5-3-2-4-9(10)14/h2-8,15H,1H3. The van der Waals surface area contributed by atoms with Gasteiger partial charge in [-0.05, 0) is 47.1 Å². The van der Waals surface area contributed by atoms with E-state index in [-0.39, 0.29) is 11.9 Å². The van der Waals surface area contributed by atoms with Gasteiger partial charge in [-0.25, -0.2) is 4.39 Å². The highest BCUT2D eigenvalue weighted by Gasteiger charge is 2.09. The smallest absolute Gasteiger partial charge is 0.146 e. The molecule has 0 radical (unpaired) electrons. The lowest BCUT2D eigenvalue weighted by Gasteiger charge is -2.13. The van der Waals surface area contributed by atoms with Crippen molar-refractivity contribution in [3.05, 3.63) is 50.9 Å². The summed E-state index contributed by atoms with van der Waals surface area (Å²) in [7, 11) is 0. The van der Waals surface area contributed by atoms with Crippen molar-refractivity contribution in [2.45, 2.75) is 13.0 Å². The summed E-state index contributed by atoms with van der Waals surface area (Å²) < 4.78 is 14.5. The van der Waals surface area contributed by atoms with Crippen molar-refractivity contribution in [2.75, 3.05) is 5.32 Å². The summed E-state index contributed by atoms with van der Waals surface area (Å²) in [6.45, 7) is 2.02. The Balaban J connectivity index is 2.13. The van der Waals surface area contributed by atoms with Crippen LogP contribution in [0.15, 0.2) is 40.2 Å². The number of thiophene rings is 1. The number of nitrogens with one attached hydrogen (secondary N) is 1. The van der Waals surface area contributed by atoms with Crippen LogP contribution in [0.4, 0.5) is 10.1 Å². The van der Waals surface area contributed by atoms with E-state index in [4.69, 9.17) is 0 Å². The number of halogens is 2. The van der Waals surface area contributed by atoms with Crippen molar-refractivity contribution in [3.63, 3.8) is 0 Å². The molecular formula is C12H11BrFNS. The first-order chi connectivity index (χ1) is 7.66. The Morgan fingerprint density at radius 1 is 1.25 bits per heavy atom. The molecule has 1 N–H and O–H groups in total. The Morgan fingerprint density at radius 2 is 2.00 bits per heavy atom. The lowest BCUT2D eigenvalue weighted by atomic mass is 10.2. The van der Waals surface area contributed by atoms with Crippen LogP contribution >= 0.6 is 27.3 Å². The van der Waals surface area contributed by atoms with Gasteiger partial charge in [0.15, 0.2) is 0 Å². The second kappa shape index (κ2) is 4.97. The highest BCUT2D eigenvalue weighted by Crippen LogP contribution is 2.29. The zero-order chi connectivity index (χ0) is 11.5. The van der Waals surface area contributed by atoms with Gasteiger partial charge < -0.3 is 5.32 Å². The molecule has 0 bridgehead atoms. The molecule has 16 heavy (non-hydrogen) atoms. The second-order valence-electron chi connectivity index (χ2n) is 3.49. The first kappa shape index (κ1) is 11.6. The molecule has 0 saturated heterocycles. The fourth-order valence-electron chi connectivity index (χ4n) is 1.44. The van der Waals surface area contributed by atoms with E-state index in [2.05, 4.69) is 21.2 Å². The molecule has 1 heterocycles. The van der Waals surface area contributed by atoms with Crippen molar-refractivity contribution in [2.24, 2.45) is 0 Å². The van der Waals surface area contributed by atoms with Crippen molar-refractivity contribution >= 4 is 33.0 Å². The van der Waals surface area contributed by atoms with E-state index in [1.807, 2.05) is 25.1 Å². The zero-order valence-corrected chi connectivity index (χ0v) is 11.1. The van der Waals surface area contributed by atoms with E-state index in [1.165, 1.54) is 10.9 Å². The first-order valence-corrected chi connectivity index (χ1v) is 6.54. The van der Waals surface area contributed by atoms with Gasteiger partial charge in [0.05, 0.1) is 15.5 Å². The molecule has 1 aromatic heterocycles.